The molecule has 0 radical (unpaired) electrons. The maximum Gasteiger partial charge on any atom is 0.143 e. The Bertz CT molecular complexity index is 1170. The zero-order chi connectivity index (χ0) is 24.6. The van der Waals surface area contributed by atoms with Crippen LogP contribution in [0, 0.1) is 11.7 Å². The number of hydrogen-bond acceptors (Lipinski definition) is 4. The molecule has 3 aromatic rings. The van der Waals surface area contributed by atoms with Crippen LogP contribution in [0.2, 0.25) is 0 Å². The van der Waals surface area contributed by atoms with Crippen molar-refractivity contribution in [3.8, 4) is 0 Å². The fourth-order valence-electron chi connectivity index (χ4n) is 5.46. The first kappa shape index (κ1) is 24.2. The van der Waals surface area contributed by atoms with Gasteiger partial charge in [0.15, 0.2) is 0 Å². The highest BCUT2D eigenvalue weighted by Crippen LogP contribution is 2.40. The summed E-state index contributed by atoms with van der Waals surface area (Å²) < 4.78 is 43.1. The van der Waals surface area contributed by atoms with Crippen LogP contribution in [0.3, 0.4) is 0 Å². The van der Waals surface area contributed by atoms with E-state index in [-0.39, 0.29) is 25.0 Å². The van der Waals surface area contributed by atoms with Crippen LogP contribution >= 0.6 is 0 Å². The van der Waals surface area contributed by atoms with E-state index in [2.05, 4.69) is 21.3 Å². The topological polar surface area (TPSA) is 54.5 Å². The standard InChI is InChI=1S/C27H33F3N4O/c1-27(30,17-35)16-34-10-8-21-20-4-2-3-5-24(20)32-25(21)26(34)22-7-6-19(12-23(22)29)31-9-11-33-14-18(13-28)15-33/h2-7,12,18,26,31-32,35H,8-11,13-17H2,1H3/t26-,27?/m1/s1. The van der Waals surface area contributed by atoms with E-state index in [0.717, 1.165) is 48.2 Å². The number of anilines is 1. The van der Waals surface area contributed by atoms with Gasteiger partial charge in [-0.2, -0.15) is 0 Å². The zero-order valence-corrected chi connectivity index (χ0v) is 20.0. The summed E-state index contributed by atoms with van der Waals surface area (Å²) in [4.78, 5) is 7.56. The van der Waals surface area contributed by atoms with Crippen molar-refractivity contribution in [3.63, 3.8) is 0 Å². The summed E-state index contributed by atoms with van der Waals surface area (Å²) in [5, 5.41) is 13.9. The number of hydrogen-bond donors (Lipinski definition) is 3. The highest BCUT2D eigenvalue weighted by atomic mass is 19.1. The molecule has 2 aromatic carbocycles. The largest absolute Gasteiger partial charge is 0.393 e. The van der Waals surface area contributed by atoms with Crippen LogP contribution in [0.4, 0.5) is 18.9 Å². The lowest BCUT2D eigenvalue weighted by Crippen LogP contribution is -2.49. The van der Waals surface area contributed by atoms with Gasteiger partial charge in [0.25, 0.3) is 0 Å². The number of halogens is 3. The fraction of sp³-hybridized carbons (Fsp3) is 0.481. The van der Waals surface area contributed by atoms with E-state index in [4.69, 9.17) is 0 Å². The van der Waals surface area contributed by atoms with Crippen molar-refractivity contribution in [1.29, 1.82) is 0 Å². The van der Waals surface area contributed by atoms with Gasteiger partial charge in [-0.25, -0.2) is 8.78 Å². The highest BCUT2D eigenvalue weighted by molar-refractivity contribution is 5.85. The predicted molar refractivity (Wildman–Crippen MR) is 133 cm³/mol. The molecule has 8 heteroatoms. The molecule has 0 saturated carbocycles. The van der Waals surface area contributed by atoms with Crippen LogP contribution in [-0.4, -0.2) is 78.1 Å². The third-order valence-corrected chi connectivity index (χ3v) is 7.30. The molecule has 1 saturated heterocycles. The molecular weight excluding hydrogens is 453 g/mol. The molecule has 1 fully saturated rings. The summed E-state index contributed by atoms with van der Waals surface area (Å²) in [5.41, 5.74) is 2.36. The van der Waals surface area contributed by atoms with Crippen LogP contribution in [-0.2, 0) is 6.42 Å². The van der Waals surface area contributed by atoms with E-state index in [0.29, 0.717) is 24.3 Å². The van der Waals surface area contributed by atoms with Gasteiger partial charge in [0.1, 0.15) is 11.5 Å². The van der Waals surface area contributed by atoms with Gasteiger partial charge in [0.2, 0.25) is 0 Å². The van der Waals surface area contributed by atoms with E-state index >= 15 is 4.39 Å². The lowest BCUT2D eigenvalue weighted by atomic mass is 9.90. The van der Waals surface area contributed by atoms with E-state index in [9.17, 15) is 13.9 Å². The van der Waals surface area contributed by atoms with Crippen molar-refractivity contribution in [2.45, 2.75) is 25.1 Å². The van der Waals surface area contributed by atoms with Crippen molar-refractivity contribution < 1.29 is 18.3 Å². The van der Waals surface area contributed by atoms with Crippen LogP contribution in [0.25, 0.3) is 10.9 Å². The number of fused-ring (bicyclic) bond motifs is 3. The van der Waals surface area contributed by atoms with Crippen molar-refractivity contribution in [1.82, 2.24) is 14.8 Å². The molecule has 2 aliphatic rings. The van der Waals surface area contributed by atoms with Crippen LogP contribution in [0.5, 0.6) is 0 Å². The molecule has 0 aliphatic carbocycles. The lowest BCUT2D eigenvalue weighted by molar-refractivity contribution is 0.0342. The second-order valence-electron chi connectivity index (χ2n) is 10.2. The smallest absolute Gasteiger partial charge is 0.143 e. The van der Waals surface area contributed by atoms with Gasteiger partial charge < -0.3 is 20.3 Å². The Morgan fingerprint density at radius 3 is 2.74 bits per heavy atom. The van der Waals surface area contributed by atoms with Crippen molar-refractivity contribution in [2.24, 2.45) is 5.92 Å². The molecule has 5 rings (SSSR count). The second kappa shape index (κ2) is 9.84. The molecule has 1 aromatic heterocycles. The van der Waals surface area contributed by atoms with Gasteiger partial charge >= 0.3 is 0 Å². The van der Waals surface area contributed by atoms with E-state index in [1.807, 2.05) is 29.2 Å². The van der Waals surface area contributed by atoms with Crippen molar-refractivity contribution in [2.75, 3.05) is 57.9 Å². The Hall–Kier alpha value is -2.55. The lowest BCUT2D eigenvalue weighted by Gasteiger charge is -2.39. The number of aliphatic hydroxyl groups is 1. The summed E-state index contributed by atoms with van der Waals surface area (Å²) in [5.74, 6) is -0.209. The third-order valence-electron chi connectivity index (χ3n) is 7.30. The first-order valence-corrected chi connectivity index (χ1v) is 12.3. The number of rotatable bonds is 9. The number of para-hydroxylation sites is 1. The molecule has 0 spiro atoms. The fourth-order valence-corrected chi connectivity index (χ4v) is 5.46. The normalized spacial score (nSPS) is 21.0. The Morgan fingerprint density at radius 1 is 1.20 bits per heavy atom. The molecule has 2 atom stereocenters. The molecule has 0 bridgehead atoms. The van der Waals surface area contributed by atoms with Gasteiger partial charge in [0.05, 0.1) is 19.3 Å². The molecule has 3 N–H and O–H groups in total. The number of nitrogens with one attached hydrogen (secondary N) is 2. The average molecular weight is 487 g/mol. The summed E-state index contributed by atoms with van der Waals surface area (Å²) in [6, 6.07) is 12.6. The Labute approximate surface area is 203 Å². The van der Waals surface area contributed by atoms with Crippen LogP contribution < -0.4 is 5.32 Å². The summed E-state index contributed by atoms with van der Waals surface area (Å²) in [7, 11) is 0. The molecule has 5 nitrogen and oxygen atoms in total. The van der Waals surface area contributed by atoms with Crippen molar-refractivity contribution in [3.05, 3.63) is 65.1 Å². The van der Waals surface area contributed by atoms with Crippen molar-refractivity contribution >= 4 is 16.6 Å². The zero-order valence-electron chi connectivity index (χ0n) is 20.0. The second-order valence-corrected chi connectivity index (χ2v) is 10.2. The van der Waals surface area contributed by atoms with Crippen LogP contribution in [0.15, 0.2) is 42.5 Å². The number of aromatic nitrogens is 1. The van der Waals surface area contributed by atoms with Gasteiger partial charge in [-0.15, -0.1) is 0 Å². The highest BCUT2D eigenvalue weighted by Gasteiger charge is 2.37. The third kappa shape index (κ3) is 4.92. The number of aromatic amines is 1. The summed E-state index contributed by atoms with van der Waals surface area (Å²) in [6.45, 7) is 4.06. The van der Waals surface area contributed by atoms with Gasteiger partial charge in [-0.3, -0.25) is 9.29 Å². The molecule has 0 amide bonds. The van der Waals surface area contributed by atoms with E-state index < -0.39 is 18.3 Å². The molecular formula is C27H33F3N4O. The maximum absolute atomic E-state index is 15.6. The number of likely N-dealkylation sites (tertiary alicyclic amines) is 1. The number of H-pyrrole nitrogens is 1. The minimum absolute atomic E-state index is 0.00186. The van der Waals surface area contributed by atoms with E-state index in [1.165, 1.54) is 13.0 Å². The minimum Gasteiger partial charge on any atom is -0.393 e. The number of nitrogens with zero attached hydrogens (tertiary/aromatic N) is 2. The van der Waals surface area contributed by atoms with Crippen LogP contribution in [0.1, 0.15) is 29.8 Å². The quantitative estimate of drug-likeness (QED) is 0.423. The number of benzene rings is 2. The number of alkyl halides is 2. The van der Waals surface area contributed by atoms with Gasteiger partial charge in [-0.05, 0) is 37.1 Å². The van der Waals surface area contributed by atoms with Gasteiger partial charge in [0, 0.05) is 73.0 Å². The Balaban J connectivity index is 1.40. The molecule has 188 valence electrons. The minimum atomic E-state index is -1.79. The molecule has 2 aliphatic heterocycles. The maximum atomic E-state index is 15.6. The Kier molecular flexibility index (Phi) is 6.79. The average Bonchev–Trinajstić information content (AvgIpc) is 3.19. The van der Waals surface area contributed by atoms with E-state index in [1.54, 1.807) is 6.07 Å². The Morgan fingerprint density at radius 2 is 2.00 bits per heavy atom. The SMILES string of the molecule is CC(F)(CO)CN1CCc2c([nH]c3ccccc23)[C@H]1c1ccc(NCCN2CC(CF)C2)cc1F. The molecule has 35 heavy (non-hydrogen) atoms. The summed E-state index contributed by atoms with van der Waals surface area (Å²) in [6.07, 6.45) is 0.721. The predicted octanol–water partition coefficient (Wildman–Crippen LogP) is 4.29. The first-order chi connectivity index (χ1) is 16.9. The number of aliphatic hydroxyl groups excluding tert-OH is 1. The molecule has 3 heterocycles. The monoisotopic (exact) mass is 486 g/mol. The summed E-state index contributed by atoms with van der Waals surface area (Å²) >= 11 is 0. The molecule has 1 unspecified atom stereocenters. The van der Waals surface area contributed by atoms with Gasteiger partial charge in [-0.1, -0.05) is 24.3 Å². The first-order valence-electron chi connectivity index (χ1n) is 12.3.